The van der Waals surface area contributed by atoms with Crippen molar-refractivity contribution in [1.29, 1.82) is 0 Å². The number of hydrogen-bond donors (Lipinski definition) is 1. The maximum Gasteiger partial charge on any atom is 0.119 e. The third-order valence-electron chi connectivity index (χ3n) is 3.40. The van der Waals surface area contributed by atoms with Gasteiger partial charge in [-0.1, -0.05) is 63.5 Å². The lowest BCUT2D eigenvalue weighted by atomic mass is 10.1. The van der Waals surface area contributed by atoms with E-state index < -0.39 is 0 Å². The third kappa shape index (κ3) is 8.44. The summed E-state index contributed by atoms with van der Waals surface area (Å²) in [5, 5.41) is 10.6. The van der Waals surface area contributed by atoms with Crippen LogP contribution in [0, 0.1) is 0 Å². The highest BCUT2D eigenvalue weighted by Crippen LogP contribution is 2.16. The van der Waals surface area contributed by atoms with Gasteiger partial charge < -0.3 is 9.84 Å². The van der Waals surface area contributed by atoms with E-state index in [0.717, 1.165) is 18.6 Å². The van der Waals surface area contributed by atoms with Gasteiger partial charge in [0.15, 0.2) is 0 Å². The summed E-state index contributed by atoms with van der Waals surface area (Å²) in [6.45, 7) is 2.59. The van der Waals surface area contributed by atoms with Crippen molar-refractivity contribution in [3.8, 4) is 5.75 Å². The Hall–Kier alpha value is -0.730. The summed E-state index contributed by atoms with van der Waals surface area (Å²) in [6, 6.07) is 7.23. The Labute approximate surface area is 128 Å². The first-order valence-electron chi connectivity index (χ1n) is 7.78. The maximum absolute atomic E-state index is 9.85. The number of rotatable bonds is 11. The Kier molecular flexibility index (Phi) is 9.52. The molecule has 0 aromatic heterocycles. The molecule has 0 radical (unpaired) electrons. The molecule has 1 rings (SSSR count). The van der Waals surface area contributed by atoms with Crippen LogP contribution in [0.2, 0.25) is 5.02 Å². The molecule has 2 nitrogen and oxygen atoms in total. The second-order valence-electron chi connectivity index (χ2n) is 5.33. The minimum atomic E-state index is -0.374. The number of halogens is 1. The summed E-state index contributed by atoms with van der Waals surface area (Å²) in [4.78, 5) is 0. The molecule has 1 aromatic rings. The van der Waals surface area contributed by atoms with Gasteiger partial charge in [-0.3, -0.25) is 0 Å². The van der Waals surface area contributed by atoms with Crippen LogP contribution in [0.3, 0.4) is 0 Å². The largest absolute Gasteiger partial charge is 0.491 e. The summed E-state index contributed by atoms with van der Waals surface area (Å²) < 4.78 is 5.52. The molecular weight excluding hydrogens is 272 g/mol. The molecule has 0 saturated heterocycles. The highest BCUT2D eigenvalue weighted by Gasteiger charge is 2.05. The van der Waals surface area contributed by atoms with Crippen molar-refractivity contribution in [2.24, 2.45) is 0 Å². The summed E-state index contributed by atoms with van der Waals surface area (Å²) in [5.41, 5.74) is 0. The van der Waals surface area contributed by atoms with E-state index in [-0.39, 0.29) is 6.10 Å². The minimum absolute atomic E-state index is 0.359. The van der Waals surface area contributed by atoms with Gasteiger partial charge in [-0.25, -0.2) is 0 Å². The molecule has 0 aliphatic heterocycles. The zero-order valence-corrected chi connectivity index (χ0v) is 13.2. The molecule has 1 aromatic carbocycles. The Morgan fingerprint density at radius 2 is 1.60 bits per heavy atom. The fourth-order valence-corrected chi connectivity index (χ4v) is 2.27. The summed E-state index contributed by atoms with van der Waals surface area (Å²) >= 11 is 5.80. The van der Waals surface area contributed by atoms with Crippen molar-refractivity contribution in [2.75, 3.05) is 6.61 Å². The SMILES string of the molecule is CCCCCCCCCC(O)COc1ccc(Cl)cc1. The van der Waals surface area contributed by atoms with Crippen LogP contribution in [0.25, 0.3) is 0 Å². The van der Waals surface area contributed by atoms with Crippen LogP contribution < -0.4 is 4.74 Å². The van der Waals surface area contributed by atoms with Crippen molar-refractivity contribution in [2.45, 2.75) is 64.4 Å². The van der Waals surface area contributed by atoms with Crippen molar-refractivity contribution in [1.82, 2.24) is 0 Å². The smallest absolute Gasteiger partial charge is 0.119 e. The molecule has 0 saturated carbocycles. The molecule has 1 unspecified atom stereocenters. The highest BCUT2D eigenvalue weighted by molar-refractivity contribution is 6.30. The van der Waals surface area contributed by atoms with Crippen molar-refractivity contribution in [3.05, 3.63) is 29.3 Å². The van der Waals surface area contributed by atoms with Gasteiger partial charge in [0.05, 0.1) is 6.10 Å². The van der Waals surface area contributed by atoms with Crippen LogP contribution in [0.15, 0.2) is 24.3 Å². The molecule has 1 N–H and O–H groups in total. The van der Waals surface area contributed by atoms with Crippen LogP contribution in [0.4, 0.5) is 0 Å². The van der Waals surface area contributed by atoms with Crippen LogP contribution in [0.1, 0.15) is 58.3 Å². The summed E-state index contributed by atoms with van der Waals surface area (Å²) in [6.07, 6.45) is 9.33. The molecular formula is C17H27ClO2. The number of ether oxygens (including phenoxy) is 1. The van der Waals surface area contributed by atoms with Gasteiger partial charge in [0.25, 0.3) is 0 Å². The maximum atomic E-state index is 9.85. The van der Waals surface area contributed by atoms with Crippen molar-refractivity contribution in [3.63, 3.8) is 0 Å². The van der Waals surface area contributed by atoms with E-state index >= 15 is 0 Å². The second kappa shape index (κ2) is 11.0. The fourth-order valence-electron chi connectivity index (χ4n) is 2.14. The van der Waals surface area contributed by atoms with Crippen LogP contribution in [-0.4, -0.2) is 17.8 Å². The Balaban J connectivity index is 2.00. The lowest BCUT2D eigenvalue weighted by Gasteiger charge is -2.12. The molecule has 0 heterocycles. The summed E-state index contributed by atoms with van der Waals surface area (Å²) in [7, 11) is 0. The number of aliphatic hydroxyl groups is 1. The number of aliphatic hydroxyl groups excluding tert-OH is 1. The fraction of sp³-hybridized carbons (Fsp3) is 0.647. The molecule has 0 amide bonds. The lowest BCUT2D eigenvalue weighted by molar-refractivity contribution is 0.0975. The van der Waals surface area contributed by atoms with E-state index in [4.69, 9.17) is 16.3 Å². The zero-order chi connectivity index (χ0) is 14.6. The molecule has 0 fully saturated rings. The van der Waals surface area contributed by atoms with E-state index in [9.17, 15) is 5.11 Å². The third-order valence-corrected chi connectivity index (χ3v) is 3.65. The Bertz CT molecular complexity index is 337. The molecule has 1 atom stereocenters. The van der Waals surface area contributed by atoms with E-state index in [1.54, 1.807) is 12.1 Å². The standard InChI is InChI=1S/C17H27ClO2/c1-2-3-4-5-6-7-8-9-16(19)14-20-17-12-10-15(18)11-13-17/h10-13,16,19H,2-9,14H2,1H3. The zero-order valence-electron chi connectivity index (χ0n) is 12.5. The minimum Gasteiger partial charge on any atom is -0.491 e. The topological polar surface area (TPSA) is 29.5 Å². The van der Waals surface area contributed by atoms with Gasteiger partial charge in [0.2, 0.25) is 0 Å². The van der Waals surface area contributed by atoms with E-state index in [0.29, 0.717) is 11.6 Å². The molecule has 114 valence electrons. The predicted molar refractivity (Wildman–Crippen MR) is 85.6 cm³/mol. The molecule has 0 spiro atoms. The quantitative estimate of drug-likeness (QED) is 0.567. The predicted octanol–water partition coefficient (Wildman–Crippen LogP) is 5.22. The van der Waals surface area contributed by atoms with Gasteiger partial charge in [0.1, 0.15) is 12.4 Å². The number of unbranched alkanes of at least 4 members (excludes halogenated alkanes) is 6. The van der Waals surface area contributed by atoms with E-state index in [2.05, 4.69) is 6.92 Å². The average Bonchev–Trinajstić information content (AvgIpc) is 2.46. The van der Waals surface area contributed by atoms with Gasteiger partial charge >= 0.3 is 0 Å². The number of benzene rings is 1. The van der Waals surface area contributed by atoms with Gasteiger partial charge in [-0.05, 0) is 30.7 Å². The van der Waals surface area contributed by atoms with Gasteiger partial charge in [0, 0.05) is 5.02 Å². The second-order valence-corrected chi connectivity index (χ2v) is 5.77. The van der Waals surface area contributed by atoms with Crippen LogP contribution in [-0.2, 0) is 0 Å². The van der Waals surface area contributed by atoms with E-state index in [1.807, 2.05) is 12.1 Å². The Morgan fingerprint density at radius 1 is 1.00 bits per heavy atom. The normalized spacial score (nSPS) is 12.3. The average molecular weight is 299 g/mol. The molecule has 0 aliphatic rings. The van der Waals surface area contributed by atoms with Crippen LogP contribution >= 0.6 is 11.6 Å². The molecule has 0 aliphatic carbocycles. The first kappa shape index (κ1) is 17.3. The van der Waals surface area contributed by atoms with Gasteiger partial charge in [-0.2, -0.15) is 0 Å². The van der Waals surface area contributed by atoms with Gasteiger partial charge in [-0.15, -0.1) is 0 Å². The summed E-state index contributed by atoms with van der Waals surface area (Å²) in [5.74, 6) is 0.757. The molecule has 20 heavy (non-hydrogen) atoms. The Morgan fingerprint density at radius 3 is 2.25 bits per heavy atom. The number of hydrogen-bond acceptors (Lipinski definition) is 2. The highest BCUT2D eigenvalue weighted by atomic mass is 35.5. The first-order chi connectivity index (χ1) is 9.72. The van der Waals surface area contributed by atoms with Crippen molar-refractivity contribution >= 4 is 11.6 Å². The van der Waals surface area contributed by atoms with Crippen LogP contribution in [0.5, 0.6) is 5.75 Å². The lowest BCUT2D eigenvalue weighted by Crippen LogP contribution is -2.17. The first-order valence-corrected chi connectivity index (χ1v) is 8.16. The van der Waals surface area contributed by atoms with Crippen molar-refractivity contribution < 1.29 is 9.84 Å². The monoisotopic (exact) mass is 298 g/mol. The van der Waals surface area contributed by atoms with E-state index in [1.165, 1.54) is 38.5 Å². The molecule has 3 heteroatoms. The molecule has 0 bridgehead atoms.